The highest BCUT2D eigenvalue weighted by Gasteiger charge is 2.12. The van der Waals surface area contributed by atoms with Crippen LogP contribution in [0.2, 0.25) is 0 Å². The summed E-state index contributed by atoms with van der Waals surface area (Å²) in [5, 5.41) is 3.32. The van der Waals surface area contributed by atoms with Crippen molar-refractivity contribution in [2.24, 2.45) is 0 Å². The lowest BCUT2D eigenvalue weighted by Crippen LogP contribution is -2.46. The van der Waals surface area contributed by atoms with Crippen molar-refractivity contribution in [3.05, 3.63) is 0 Å². The zero-order valence-electron chi connectivity index (χ0n) is 9.34. The fraction of sp³-hybridized carbons (Fsp3) is 0.818. The normalized spacial score (nSPS) is 19.0. The molecule has 1 aliphatic rings. The third kappa shape index (κ3) is 4.61. The fourth-order valence-electron chi connectivity index (χ4n) is 1.55. The molecule has 1 fully saturated rings. The molecule has 0 aromatic rings. The number of likely N-dealkylation sites (N-methyl/N-ethyl adjacent to an activating group) is 1. The second kappa shape index (κ2) is 6.83. The van der Waals surface area contributed by atoms with Gasteiger partial charge in [-0.25, -0.2) is 0 Å². The first-order valence-electron chi connectivity index (χ1n) is 5.34. The SMILES string of the molecule is CC#CCNCCN1CCN(C)CC1. The zero-order chi connectivity index (χ0) is 10.2. The monoisotopic (exact) mass is 195 g/mol. The molecule has 0 atom stereocenters. The first-order valence-corrected chi connectivity index (χ1v) is 5.34. The molecule has 3 nitrogen and oxygen atoms in total. The smallest absolute Gasteiger partial charge is 0.0576 e. The van der Waals surface area contributed by atoms with Gasteiger partial charge in [0.05, 0.1) is 6.54 Å². The fourth-order valence-corrected chi connectivity index (χ4v) is 1.55. The molecule has 3 heteroatoms. The predicted molar refractivity (Wildman–Crippen MR) is 60.3 cm³/mol. The maximum Gasteiger partial charge on any atom is 0.0576 e. The van der Waals surface area contributed by atoms with Crippen LogP contribution in [0.3, 0.4) is 0 Å². The molecule has 0 amide bonds. The molecule has 0 bridgehead atoms. The lowest BCUT2D eigenvalue weighted by Gasteiger charge is -2.32. The highest BCUT2D eigenvalue weighted by molar-refractivity contribution is 4.96. The Morgan fingerprint density at radius 2 is 1.93 bits per heavy atom. The number of hydrogen-bond donors (Lipinski definition) is 1. The van der Waals surface area contributed by atoms with Crippen LogP contribution in [0, 0.1) is 11.8 Å². The van der Waals surface area contributed by atoms with Crippen molar-refractivity contribution in [3.8, 4) is 11.8 Å². The average Bonchev–Trinajstić information content (AvgIpc) is 2.21. The average molecular weight is 195 g/mol. The van der Waals surface area contributed by atoms with Crippen LogP contribution in [0.4, 0.5) is 0 Å². The Bertz CT molecular complexity index is 196. The van der Waals surface area contributed by atoms with Crippen molar-refractivity contribution in [1.29, 1.82) is 0 Å². The summed E-state index contributed by atoms with van der Waals surface area (Å²) in [5.74, 6) is 5.88. The Balaban J connectivity index is 1.98. The summed E-state index contributed by atoms with van der Waals surface area (Å²) in [7, 11) is 2.19. The van der Waals surface area contributed by atoms with E-state index >= 15 is 0 Å². The van der Waals surface area contributed by atoms with Crippen molar-refractivity contribution in [2.45, 2.75) is 6.92 Å². The molecule has 0 aromatic heterocycles. The van der Waals surface area contributed by atoms with E-state index in [1.807, 2.05) is 6.92 Å². The number of piperazine rings is 1. The standard InChI is InChI=1S/C11H21N3/c1-3-4-5-12-6-7-14-10-8-13(2)9-11-14/h12H,5-11H2,1-2H3. The van der Waals surface area contributed by atoms with Gasteiger partial charge in [-0.3, -0.25) is 4.90 Å². The number of nitrogens with one attached hydrogen (secondary N) is 1. The minimum atomic E-state index is 0.824. The van der Waals surface area contributed by atoms with E-state index in [4.69, 9.17) is 0 Å². The minimum Gasteiger partial charge on any atom is -0.305 e. The topological polar surface area (TPSA) is 18.5 Å². The highest BCUT2D eigenvalue weighted by Crippen LogP contribution is 1.97. The summed E-state index contributed by atoms with van der Waals surface area (Å²) in [6, 6.07) is 0. The van der Waals surface area contributed by atoms with E-state index in [0.29, 0.717) is 0 Å². The number of hydrogen-bond acceptors (Lipinski definition) is 3. The summed E-state index contributed by atoms with van der Waals surface area (Å²) in [4.78, 5) is 4.89. The van der Waals surface area contributed by atoms with Crippen molar-refractivity contribution in [3.63, 3.8) is 0 Å². The van der Waals surface area contributed by atoms with E-state index < -0.39 is 0 Å². The van der Waals surface area contributed by atoms with Crippen molar-refractivity contribution in [2.75, 3.05) is 52.9 Å². The zero-order valence-corrected chi connectivity index (χ0v) is 9.34. The molecule has 0 aliphatic carbocycles. The molecule has 1 heterocycles. The third-order valence-electron chi connectivity index (χ3n) is 2.59. The third-order valence-corrected chi connectivity index (χ3v) is 2.59. The van der Waals surface area contributed by atoms with Gasteiger partial charge in [0.1, 0.15) is 0 Å². The van der Waals surface area contributed by atoms with Crippen LogP contribution in [-0.2, 0) is 0 Å². The van der Waals surface area contributed by atoms with Crippen LogP contribution in [0.5, 0.6) is 0 Å². The summed E-state index contributed by atoms with van der Waals surface area (Å²) >= 11 is 0. The van der Waals surface area contributed by atoms with Crippen LogP contribution in [0.25, 0.3) is 0 Å². The van der Waals surface area contributed by atoms with Gasteiger partial charge in [0, 0.05) is 39.3 Å². The molecule has 80 valence electrons. The lowest BCUT2D eigenvalue weighted by atomic mass is 10.3. The first kappa shape index (κ1) is 11.5. The maximum atomic E-state index is 3.32. The summed E-state index contributed by atoms with van der Waals surface area (Å²) in [6.45, 7) is 9.73. The van der Waals surface area contributed by atoms with Crippen molar-refractivity contribution >= 4 is 0 Å². The van der Waals surface area contributed by atoms with Crippen LogP contribution >= 0.6 is 0 Å². The van der Waals surface area contributed by atoms with E-state index in [2.05, 4.69) is 34.0 Å². The van der Waals surface area contributed by atoms with Gasteiger partial charge in [0.25, 0.3) is 0 Å². The second-order valence-electron chi connectivity index (χ2n) is 3.75. The predicted octanol–water partition coefficient (Wildman–Crippen LogP) is -0.153. The second-order valence-corrected chi connectivity index (χ2v) is 3.75. The van der Waals surface area contributed by atoms with Gasteiger partial charge in [-0.2, -0.15) is 0 Å². The number of nitrogens with zero attached hydrogens (tertiary/aromatic N) is 2. The Morgan fingerprint density at radius 1 is 1.21 bits per heavy atom. The molecule has 1 saturated heterocycles. The van der Waals surface area contributed by atoms with Gasteiger partial charge in [-0.05, 0) is 14.0 Å². The number of rotatable bonds is 4. The van der Waals surface area contributed by atoms with Gasteiger partial charge >= 0.3 is 0 Å². The van der Waals surface area contributed by atoms with Crippen molar-refractivity contribution < 1.29 is 0 Å². The Morgan fingerprint density at radius 3 is 2.57 bits per heavy atom. The van der Waals surface area contributed by atoms with E-state index in [9.17, 15) is 0 Å². The van der Waals surface area contributed by atoms with Crippen LogP contribution < -0.4 is 5.32 Å². The van der Waals surface area contributed by atoms with E-state index in [1.165, 1.54) is 26.2 Å². The molecule has 0 saturated carbocycles. The Hall–Kier alpha value is -0.560. The van der Waals surface area contributed by atoms with Gasteiger partial charge in [-0.15, -0.1) is 5.92 Å². The van der Waals surface area contributed by atoms with Crippen molar-refractivity contribution in [1.82, 2.24) is 15.1 Å². The molecule has 14 heavy (non-hydrogen) atoms. The summed E-state index contributed by atoms with van der Waals surface area (Å²) < 4.78 is 0. The lowest BCUT2D eigenvalue weighted by molar-refractivity contribution is 0.155. The minimum absolute atomic E-state index is 0.824. The quantitative estimate of drug-likeness (QED) is 0.497. The molecule has 0 aromatic carbocycles. The molecule has 0 unspecified atom stereocenters. The van der Waals surface area contributed by atoms with Gasteiger partial charge in [0.2, 0.25) is 0 Å². The van der Waals surface area contributed by atoms with Crippen LogP contribution in [0.1, 0.15) is 6.92 Å². The van der Waals surface area contributed by atoms with Crippen LogP contribution in [0.15, 0.2) is 0 Å². The first-order chi connectivity index (χ1) is 6.83. The Labute approximate surface area is 87.5 Å². The largest absolute Gasteiger partial charge is 0.305 e. The van der Waals surface area contributed by atoms with Gasteiger partial charge < -0.3 is 10.2 Å². The van der Waals surface area contributed by atoms with E-state index in [-0.39, 0.29) is 0 Å². The molecule has 1 rings (SSSR count). The molecule has 1 aliphatic heterocycles. The molecular weight excluding hydrogens is 174 g/mol. The maximum absolute atomic E-state index is 3.32. The summed E-state index contributed by atoms with van der Waals surface area (Å²) in [5.41, 5.74) is 0. The molecule has 1 N–H and O–H groups in total. The van der Waals surface area contributed by atoms with E-state index in [0.717, 1.165) is 19.6 Å². The van der Waals surface area contributed by atoms with Gasteiger partial charge in [-0.1, -0.05) is 5.92 Å². The highest BCUT2D eigenvalue weighted by atomic mass is 15.2. The Kier molecular flexibility index (Phi) is 5.62. The van der Waals surface area contributed by atoms with Crippen LogP contribution in [-0.4, -0.2) is 62.7 Å². The van der Waals surface area contributed by atoms with Gasteiger partial charge in [0.15, 0.2) is 0 Å². The molecular formula is C11H21N3. The summed E-state index contributed by atoms with van der Waals surface area (Å²) in [6.07, 6.45) is 0. The molecule has 0 spiro atoms. The molecule has 0 radical (unpaired) electrons. The van der Waals surface area contributed by atoms with E-state index in [1.54, 1.807) is 0 Å².